The van der Waals surface area contributed by atoms with Gasteiger partial charge in [-0.15, -0.1) is 0 Å². The maximum absolute atomic E-state index is 2.63. The van der Waals surface area contributed by atoms with Gasteiger partial charge in [0.25, 0.3) is 0 Å². The van der Waals surface area contributed by atoms with Crippen LogP contribution in [0.2, 0.25) is 13.1 Å². The Morgan fingerprint density at radius 2 is 1.19 bits per heavy atom. The van der Waals surface area contributed by atoms with Gasteiger partial charge in [-0.25, -0.2) is 0 Å². The Labute approximate surface area is 130 Å². The van der Waals surface area contributed by atoms with E-state index in [1.807, 2.05) is 10.4 Å². The van der Waals surface area contributed by atoms with Crippen molar-refractivity contribution in [3.63, 3.8) is 0 Å². The van der Waals surface area contributed by atoms with E-state index in [4.69, 9.17) is 0 Å². The van der Waals surface area contributed by atoms with E-state index in [1.165, 1.54) is 51.4 Å². The number of hydrogen-bond donors (Lipinski definition) is 0. The quantitative estimate of drug-likeness (QED) is 0.558. The summed E-state index contributed by atoms with van der Waals surface area (Å²) in [5.74, 6) is 1.66. The minimum absolute atomic E-state index is 0.828. The Balaban J connectivity index is 1.60. The molecule has 0 bridgehead atoms. The van der Waals surface area contributed by atoms with Gasteiger partial charge in [0.2, 0.25) is 0 Å². The van der Waals surface area contributed by atoms with Gasteiger partial charge in [0.05, 0.1) is 0 Å². The Bertz CT molecular complexity index is 521. The molecule has 4 aliphatic rings. The molecule has 4 rings (SSSR count). The number of fused-ring (bicyclic) bond motifs is 2. The van der Waals surface area contributed by atoms with Crippen LogP contribution in [-0.4, -0.2) is 8.07 Å². The number of rotatable bonds is 2. The molecule has 21 heavy (non-hydrogen) atoms. The first-order chi connectivity index (χ1) is 10.2. The molecular weight excluding hydrogens is 268 g/mol. The fourth-order valence-corrected chi connectivity index (χ4v) is 9.00. The second-order valence-electron chi connectivity index (χ2n) is 7.95. The first-order valence-electron chi connectivity index (χ1n) is 9.00. The van der Waals surface area contributed by atoms with Crippen LogP contribution in [0.3, 0.4) is 0 Å². The maximum atomic E-state index is 2.63. The Hall–Kier alpha value is -0.823. The van der Waals surface area contributed by atoms with Crippen molar-refractivity contribution in [1.82, 2.24) is 0 Å². The van der Waals surface area contributed by atoms with Crippen molar-refractivity contribution in [2.45, 2.75) is 64.5 Å². The molecule has 0 spiro atoms. The van der Waals surface area contributed by atoms with Crippen molar-refractivity contribution < 1.29 is 0 Å². The average molecular weight is 297 g/mol. The molecule has 0 heterocycles. The normalized spacial score (nSPS) is 31.9. The highest BCUT2D eigenvalue weighted by Gasteiger charge is 2.42. The molecule has 0 amide bonds. The van der Waals surface area contributed by atoms with Gasteiger partial charge >= 0.3 is 0 Å². The second-order valence-corrected chi connectivity index (χ2v) is 12.4. The van der Waals surface area contributed by atoms with E-state index in [0.29, 0.717) is 0 Å². The molecule has 0 aromatic carbocycles. The van der Waals surface area contributed by atoms with Crippen LogP contribution < -0.4 is 0 Å². The molecule has 0 saturated heterocycles. The van der Waals surface area contributed by atoms with Gasteiger partial charge in [-0.05, 0) is 50.4 Å². The van der Waals surface area contributed by atoms with E-state index in [0.717, 1.165) is 11.8 Å². The van der Waals surface area contributed by atoms with Crippen molar-refractivity contribution in [1.29, 1.82) is 0 Å². The van der Waals surface area contributed by atoms with Crippen LogP contribution in [0.4, 0.5) is 0 Å². The minimum Gasteiger partial charge on any atom is -0.0694 e. The van der Waals surface area contributed by atoms with Crippen molar-refractivity contribution >= 4 is 8.07 Å². The van der Waals surface area contributed by atoms with Crippen LogP contribution >= 0.6 is 0 Å². The molecule has 2 saturated carbocycles. The van der Waals surface area contributed by atoms with Gasteiger partial charge in [-0.1, -0.05) is 71.8 Å². The fraction of sp³-hybridized carbons (Fsp3) is 0.600. The maximum Gasteiger partial charge on any atom is 0.104 e. The summed E-state index contributed by atoms with van der Waals surface area (Å²) in [4.78, 5) is 0. The van der Waals surface area contributed by atoms with E-state index in [1.54, 1.807) is 11.1 Å². The topological polar surface area (TPSA) is 0 Å². The molecule has 0 nitrogen and oxygen atoms in total. The van der Waals surface area contributed by atoms with Crippen LogP contribution in [0, 0.1) is 11.8 Å². The van der Waals surface area contributed by atoms with Crippen LogP contribution in [0.1, 0.15) is 51.4 Å². The lowest BCUT2D eigenvalue weighted by Crippen LogP contribution is -2.39. The van der Waals surface area contributed by atoms with Crippen LogP contribution in [0.15, 0.2) is 45.8 Å². The van der Waals surface area contributed by atoms with Crippen molar-refractivity contribution in [2.24, 2.45) is 11.8 Å². The number of allylic oxidation sites excluding steroid dienone is 8. The highest BCUT2D eigenvalue weighted by Crippen LogP contribution is 2.49. The van der Waals surface area contributed by atoms with E-state index in [2.05, 4.69) is 37.4 Å². The van der Waals surface area contributed by atoms with Crippen molar-refractivity contribution in [2.75, 3.05) is 0 Å². The van der Waals surface area contributed by atoms with Gasteiger partial charge in [-0.3, -0.25) is 0 Å². The highest BCUT2D eigenvalue weighted by molar-refractivity contribution is 6.91. The molecule has 2 fully saturated rings. The SMILES string of the molecule is C[Si](C)(C1=CC=C2CCCCC21)C1=CC=C2CCCCC21. The van der Waals surface area contributed by atoms with Gasteiger partial charge in [0.15, 0.2) is 0 Å². The molecule has 2 atom stereocenters. The van der Waals surface area contributed by atoms with Gasteiger partial charge in [-0.2, -0.15) is 0 Å². The Morgan fingerprint density at radius 1 is 0.714 bits per heavy atom. The zero-order valence-electron chi connectivity index (χ0n) is 13.6. The van der Waals surface area contributed by atoms with Gasteiger partial charge in [0, 0.05) is 0 Å². The highest BCUT2D eigenvalue weighted by atomic mass is 28.3. The average Bonchev–Trinajstić information content (AvgIpc) is 3.12. The summed E-state index contributed by atoms with van der Waals surface area (Å²) in [6, 6.07) is 0. The third-order valence-corrected chi connectivity index (χ3v) is 10.4. The van der Waals surface area contributed by atoms with Crippen LogP contribution in [0.5, 0.6) is 0 Å². The Morgan fingerprint density at radius 3 is 1.67 bits per heavy atom. The van der Waals surface area contributed by atoms with Crippen LogP contribution in [-0.2, 0) is 0 Å². The van der Waals surface area contributed by atoms with Gasteiger partial charge in [0.1, 0.15) is 8.07 Å². The number of hydrogen-bond acceptors (Lipinski definition) is 0. The molecule has 4 aliphatic carbocycles. The third-order valence-electron chi connectivity index (χ3n) is 6.46. The zero-order valence-corrected chi connectivity index (χ0v) is 14.6. The zero-order chi connectivity index (χ0) is 14.4. The fourth-order valence-electron chi connectivity index (χ4n) is 5.26. The van der Waals surface area contributed by atoms with Crippen LogP contribution in [0.25, 0.3) is 0 Å². The molecular formula is C20H28Si. The molecule has 0 N–H and O–H groups in total. The van der Waals surface area contributed by atoms with E-state index >= 15 is 0 Å². The van der Waals surface area contributed by atoms with Crippen molar-refractivity contribution in [3.8, 4) is 0 Å². The first kappa shape index (κ1) is 13.8. The second kappa shape index (κ2) is 5.12. The monoisotopic (exact) mass is 296 g/mol. The Kier molecular flexibility index (Phi) is 3.37. The molecule has 0 aromatic rings. The molecule has 0 aromatic heterocycles. The summed E-state index contributed by atoms with van der Waals surface area (Å²) in [6.07, 6.45) is 21.3. The molecule has 0 radical (unpaired) electrons. The van der Waals surface area contributed by atoms with Crippen molar-refractivity contribution in [3.05, 3.63) is 45.8 Å². The lowest BCUT2D eigenvalue weighted by molar-refractivity contribution is 0.510. The summed E-state index contributed by atoms with van der Waals surface area (Å²) in [5, 5.41) is 3.70. The largest absolute Gasteiger partial charge is 0.104 e. The van der Waals surface area contributed by atoms with Gasteiger partial charge < -0.3 is 0 Å². The summed E-state index contributed by atoms with van der Waals surface area (Å²) in [7, 11) is -1.44. The summed E-state index contributed by atoms with van der Waals surface area (Å²) in [5.41, 5.74) is 3.51. The lowest BCUT2D eigenvalue weighted by Gasteiger charge is -2.38. The minimum atomic E-state index is -1.44. The molecule has 2 unspecified atom stereocenters. The molecule has 0 aliphatic heterocycles. The lowest BCUT2D eigenvalue weighted by atomic mass is 9.86. The smallest absolute Gasteiger partial charge is 0.0694 e. The third kappa shape index (κ3) is 2.16. The van der Waals surface area contributed by atoms with E-state index in [9.17, 15) is 0 Å². The van der Waals surface area contributed by atoms with E-state index < -0.39 is 8.07 Å². The molecule has 1 heteroatoms. The molecule has 112 valence electrons. The summed E-state index contributed by atoms with van der Waals surface area (Å²) in [6.45, 7) is 5.25. The predicted molar refractivity (Wildman–Crippen MR) is 93.7 cm³/mol. The van der Waals surface area contributed by atoms with E-state index in [-0.39, 0.29) is 0 Å². The summed E-state index contributed by atoms with van der Waals surface area (Å²) >= 11 is 0. The standard InChI is InChI=1S/C20H28Si/c1-21(2,19-13-11-15-7-3-5-9-17(15)19)20-14-12-16-8-4-6-10-18(16)20/h11-14,17-18H,3-10H2,1-2H3. The summed E-state index contributed by atoms with van der Waals surface area (Å²) < 4.78 is 0. The predicted octanol–water partition coefficient (Wildman–Crippen LogP) is 5.89. The first-order valence-corrected chi connectivity index (χ1v) is 12.0.